The Bertz CT molecular complexity index is 3280. The molecule has 66 heavy (non-hydrogen) atoms. The largest absolute Gasteiger partial charge is 0.497 e. The number of hydrogen-bond acceptors (Lipinski definition) is 15. The Labute approximate surface area is 394 Å². The highest BCUT2D eigenvalue weighted by Crippen LogP contribution is 2.38. The lowest BCUT2D eigenvalue weighted by Gasteiger charge is -2.30. The van der Waals surface area contributed by atoms with Crippen molar-refractivity contribution in [3.8, 4) is 33.2 Å². The molecule has 0 fully saturated rings. The molecule has 1 aliphatic heterocycles. The van der Waals surface area contributed by atoms with Gasteiger partial charge in [-0.15, -0.1) is 11.3 Å². The van der Waals surface area contributed by atoms with Gasteiger partial charge in [0.1, 0.15) is 26.9 Å². The van der Waals surface area contributed by atoms with Crippen molar-refractivity contribution in [3.63, 3.8) is 0 Å². The van der Waals surface area contributed by atoms with E-state index in [1.165, 1.54) is 31.4 Å². The monoisotopic (exact) mass is 1010 g/mol. The van der Waals surface area contributed by atoms with Gasteiger partial charge in [0.2, 0.25) is 11.6 Å². The molecule has 0 saturated carbocycles. The highest BCUT2D eigenvalue weighted by atomic mass is 32.2. The average molecular weight is 1020 g/mol. The summed E-state index contributed by atoms with van der Waals surface area (Å²) in [7, 11) is -9.99. The van der Waals surface area contributed by atoms with E-state index >= 15 is 0 Å². The van der Waals surface area contributed by atoms with Gasteiger partial charge in [-0.1, -0.05) is 24.3 Å². The summed E-state index contributed by atoms with van der Waals surface area (Å²) in [6.07, 6.45) is 8.16. The fourth-order valence-electron chi connectivity index (χ4n) is 6.89. The quantitative estimate of drug-likeness (QED) is 0.0439. The van der Waals surface area contributed by atoms with E-state index in [0.29, 0.717) is 44.8 Å². The van der Waals surface area contributed by atoms with Crippen molar-refractivity contribution in [2.75, 3.05) is 37.2 Å². The van der Waals surface area contributed by atoms with Crippen molar-refractivity contribution < 1.29 is 53.2 Å². The number of carbonyl (C=O) groups is 1. The van der Waals surface area contributed by atoms with E-state index in [1.54, 1.807) is 78.8 Å². The third kappa shape index (κ3) is 12.8. The minimum absolute atomic E-state index is 0.0220. The van der Waals surface area contributed by atoms with Crippen molar-refractivity contribution in [2.45, 2.75) is 38.6 Å². The van der Waals surface area contributed by atoms with Crippen molar-refractivity contribution >= 4 is 106 Å². The van der Waals surface area contributed by atoms with E-state index in [9.17, 15) is 43.9 Å². The number of benzene rings is 3. The van der Waals surface area contributed by atoms with Gasteiger partial charge in [0.25, 0.3) is 40.8 Å². The molecule has 348 valence electrons. The summed E-state index contributed by atoms with van der Waals surface area (Å²) >= 11 is 7.01. The first kappa shape index (κ1) is 49.8. The van der Waals surface area contributed by atoms with Gasteiger partial charge in [-0.25, -0.2) is 8.42 Å². The molecule has 3 aromatic carbocycles. The summed E-state index contributed by atoms with van der Waals surface area (Å²) in [4.78, 5) is 33.3. The van der Waals surface area contributed by atoms with E-state index < -0.39 is 59.1 Å². The molecule has 6 rings (SSSR count). The number of nitrogens with one attached hydrogen (secondary N) is 1. The van der Waals surface area contributed by atoms with Crippen LogP contribution in [-0.4, -0.2) is 82.3 Å². The number of rotatable bonds is 19. The first-order valence-electron chi connectivity index (χ1n) is 19.9. The fourth-order valence-corrected chi connectivity index (χ4v) is 11.5. The Morgan fingerprint density at radius 3 is 2.12 bits per heavy atom. The molecule has 3 heterocycles. The smallest absolute Gasteiger partial charge is 0.270 e. The second kappa shape index (κ2) is 21.3. The summed E-state index contributed by atoms with van der Waals surface area (Å²) in [5.74, 6) is -1.59. The zero-order chi connectivity index (χ0) is 47.8. The number of carbonyl (C=O) groups excluding carboxylic acids is 1. The third-order valence-corrected chi connectivity index (χ3v) is 15.0. The van der Waals surface area contributed by atoms with Gasteiger partial charge < -0.3 is 14.4 Å². The van der Waals surface area contributed by atoms with Gasteiger partial charge >= 0.3 is 0 Å². The molecule has 0 spiro atoms. The predicted octanol–water partition coefficient (Wildman–Crippen LogP) is 4.74. The van der Waals surface area contributed by atoms with Crippen molar-refractivity contribution in [1.29, 1.82) is 0 Å². The number of fused-ring (bicyclic) bond motifs is 1. The summed E-state index contributed by atoms with van der Waals surface area (Å²) in [5, 5.41) is 2.80. The SMILES string of the molecule is CCC(=O)NS(=O)(=O)Cn1c(=Cc2sc(-c3ccc(OC)cc3)c(-c3ccc(OC)cc3)[n+]2CCCS(=O)(=O)O)sc(=CC=C2C=Cc3cc(N=C=S)ccc3N2CCCS(=O)(=O)O)c1=O. The highest BCUT2D eigenvalue weighted by Gasteiger charge is 2.29. The van der Waals surface area contributed by atoms with Crippen LogP contribution in [0.25, 0.3) is 39.9 Å². The average Bonchev–Trinajstić information content (AvgIpc) is 3.76. The van der Waals surface area contributed by atoms with Gasteiger partial charge in [-0.3, -0.25) is 28.0 Å². The van der Waals surface area contributed by atoms with E-state index in [1.807, 2.05) is 33.6 Å². The Morgan fingerprint density at radius 1 is 0.879 bits per heavy atom. The molecule has 0 saturated heterocycles. The molecule has 0 aliphatic carbocycles. The van der Waals surface area contributed by atoms with Gasteiger partial charge in [0.15, 0.2) is 6.54 Å². The maximum Gasteiger partial charge on any atom is 0.270 e. The molecule has 5 aromatic rings. The number of anilines is 1. The van der Waals surface area contributed by atoms with E-state index in [2.05, 4.69) is 10.2 Å². The molecule has 3 N–H and O–H groups in total. The molecule has 0 radical (unpaired) electrons. The van der Waals surface area contributed by atoms with E-state index in [-0.39, 0.29) is 41.5 Å². The first-order valence-corrected chi connectivity index (χ1v) is 26.8. The van der Waals surface area contributed by atoms with Crippen LogP contribution >= 0.6 is 34.9 Å². The van der Waals surface area contributed by atoms with Gasteiger partial charge in [0.05, 0.1) is 47.2 Å². The summed E-state index contributed by atoms with van der Waals surface area (Å²) in [5.41, 5.74) is 3.87. The number of amides is 1. The number of isothiocyanates is 1. The number of methoxy groups -OCH3 is 2. The number of aromatic nitrogens is 2. The lowest BCUT2D eigenvalue weighted by atomic mass is 10.0. The first-order chi connectivity index (χ1) is 31.3. The van der Waals surface area contributed by atoms with Gasteiger partial charge in [-0.05, 0) is 109 Å². The van der Waals surface area contributed by atoms with Crippen LogP contribution in [0.5, 0.6) is 11.5 Å². The lowest BCUT2D eigenvalue weighted by Crippen LogP contribution is -2.41. The summed E-state index contributed by atoms with van der Waals surface area (Å²) in [6, 6.07) is 19.7. The van der Waals surface area contributed by atoms with Gasteiger partial charge in [-0.2, -0.15) is 26.4 Å². The standard InChI is InChI=1S/C43H43N5O12S6/c1-4-38(49)45-64(51,52)28-48-40(62-37(43(48)50)20-14-33-13-7-31-25-32(44-27-61)12-19-36(31)46(33)21-5-23-65(53,54)55)26-39-47(22-6-24-66(56,57)58)41(29-8-15-34(59-2)16-9-29)42(63-39)30-10-17-35(60-3)18-11-30/h7-20,25-26H,4-6,21-24,28H2,1-3H3,(H2-,45,49,53,54,55,56,57,58)/p+1. The van der Waals surface area contributed by atoms with Crippen LogP contribution in [0, 0.1) is 0 Å². The Hall–Kier alpha value is -5.62. The number of ether oxygens (including phenoxy) is 2. The highest BCUT2D eigenvalue weighted by molar-refractivity contribution is 7.89. The topological polar surface area (TPSA) is 232 Å². The number of thiocarbonyl (C=S) groups is 1. The van der Waals surface area contributed by atoms with Crippen LogP contribution in [0.15, 0.2) is 94.4 Å². The van der Waals surface area contributed by atoms with Crippen LogP contribution < -0.4 is 38.4 Å². The zero-order valence-electron chi connectivity index (χ0n) is 35.6. The third-order valence-electron chi connectivity index (χ3n) is 9.94. The second-order valence-corrected chi connectivity index (χ2v) is 21.6. The van der Waals surface area contributed by atoms with Crippen LogP contribution in [-0.2, 0) is 47.5 Å². The number of hydrogen-bond donors (Lipinski definition) is 3. The summed E-state index contributed by atoms with van der Waals surface area (Å²) in [6.45, 7) is 1.68. The normalized spacial score (nSPS) is 14.0. The van der Waals surface area contributed by atoms with Gasteiger partial charge in [0, 0.05) is 41.9 Å². The van der Waals surface area contributed by atoms with Crippen molar-refractivity contribution in [2.24, 2.45) is 4.99 Å². The fraction of sp³-hybridized carbons (Fsp3) is 0.256. The molecule has 2 aromatic heterocycles. The number of aliphatic imine (C=N–C) groups is 1. The number of allylic oxidation sites excluding steroid dienone is 2. The zero-order valence-corrected chi connectivity index (χ0v) is 40.5. The molecule has 1 aliphatic rings. The van der Waals surface area contributed by atoms with Crippen LogP contribution in [0.4, 0.5) is 11.4 Å². The minimum atomic E-state index is -4.43. The van der Waals surface area contributed by atoms with Crippen LogP contribution in [0.3, 0.4) is 0 Å². The Kier molecular flexibility index (Phi) is 16.1. The van der Waals surface area contributed by atoms with E-state index in [4.69, 9.17) is 21.7 Å². The molecule has 23 heteroatoms. The molecule has 0 bridgehead atoms. The number of sulfonamides is 1. The lowest BCUT2D eigenvalue weighted by molar-refractivity contribution is -0.682. The number of thiazole rings is 2. The second-order valence-electron chi connectivity index (χ2n) is 14.5. The Balaban J connectivity index is 1.59. The minimum Gasteiger partial charge on any atom is -0.497 e. The van der Waals surface area contributed by atoms with Crippen LogP contribution in [0.2, 0.25) is 0 Å². The summed E-state index contributed by atoms with van der Waals surface area (Å²) < 4.78 is 109. The number of nitrogens with zero attached hydrogens (tertiary/aromatic N) is 4. The van der Waals surface area contributed by atoms with Crippen LogP contribution in [0.1, 0.15) is 36.8 Å². The molecular weight excluding hydrogens is 971 g/mol. The van der Waals surface area contributed by atoms with Crippen molar-refractivity contribution in [3.05, 3.63) is 115 Å². The molecule has 0 atom stereocenters. The Morgan fingerprint density at radius 2 is 1.52 bits per heavy atom. The molecule has 0 unspecified atom stereocenters. The maximum absolute atomic E-state index is 14.4. The van der Waals surface area contributed by atoms with E-state index in [0.717, 1.165) is 31.9 Å². The molecule has 1 amide bonds. The predicted molar refractivity (Wildman–Crippen MR) is 259 cm³/mol. The van der Waals surface area contributed by atoms with Crippen molar-refractivity contribution in [1.82, 2.24) is 9.29 Å². The molecule has 17 nitrogen and oxygen atoms in total. The molecular formula is C43H44N5O12S6+. The maximum atomic E-state index is 14.4.